The van der Waals surface area contributed by atoms with Gasteiger partial charge in [0, 0.05) is 19.6 Å². The van der Waals surface area contributed by atoms with Crippen molar-refractivity contribution in [2.75, 3.05) is 19.8 Å². The normalized spacial score (nSPS) is 12.9. The van der Waals surface area contributed by atoms with Crippen molar-refractivity contribution < 1.29 is 9.47 Å². The maximum atomic E-state index is 5.46. The van der Waals surface area contributed by atoms with E-state index in [1.165, 1.54) is 0 Å². The van der Waals surface area contributed by atoms with Crippen molar-refractivity contribution in [3.05, 3.63) is 11.9 Å². The summed E-state index contributed by atoms with van der Waals surface area (Å²) >= 11 is 0. The van der Waals surface area contributed by atoms with E-state index < -0.39 is 0 Å². The first-order valence-corrected chi connectivity index (χ1v) is 5.37. The van der Waals surface area contributed by atoms with Crippen LogP contribution in [0.5, 0.6) is 0 Å². The fourth-order valence-corrected chi connectivity index (χ4v) is 1.24. The molecule has 0 aromatic carbocycles. The van der Waals surface area contributed by atoms with Gasteiger partial charge in [0.1, 0.15) is 0 Å². The number of aromatic nitrogens is 3. The molecule has 1 rings (SSSR count). The Morgan fingerprint density at radius 3 is 3.00 bits per heavy atom. The van der Waals surface area contributed by atoms with Crippen LogP contribution in [0.25, 0.3) is 0 Å². The molecule has 1 unspecified atom stereocenters. The molecule has 5 heteroatoms. The van der Waals surface area contributed by atoms with E-state index in [-0.39, 0.29) is 6.10 Å². The molecule has 0 radical (unpaired) electrons. The molecule has 1 aromatic rings. The molecule has 0 aliphatic carbocycles. The highest BCUT2D eigenvalue weighted by Gasteiger charge is 2.01. The summed E-state index contributed by atoms with van der Waals surface area (Å²) in [6.45, 7) is 6.25. The number of ether oxygens (including phenoxy) is 2. The minimum Gasteiger partial charge on any atom is -0.381 e. The number of aromatic amines is 1. The summed E-state index contributed by atoms with van der Waals surface area (Å²) in [5, 5.41) is 10.2. The summed E-state index contributed by atoms with van der Waals surface area (Å²) in [5.41, 5.74) is 0.938. The Morgan fingerprint density at radius 1 is 1.47 bits per heavy atom. The van der Waals surface area contributed by atoms with Crippen molar-refractivity contribution in [3.63, 3.8) is 0 Å². The second-order valence-corrected chi connectivity index (χ2v) is 3.38. The zero-order chi connectivity index (χ0) is 10.9. The highest BCUT2D eigenvalue weighted by Crippen LogP contribution is 1.98. The number of rotatable bonds is 8. The molecule has 86 valence electrons. The third kappa shape index (κ3) is 5.49. The molecular weight excluding hydrogens is 194 g/mol. The summed E-state index contributed by atoms with van der Waals surface area (Å²) < 4.78 is 10.8. The van der Waals surface area contributed by atoms with Gasteiger partial charge in [-0.1, -0.05) is 0 Å². The smallest absolute Gasteiger partial charge is 0.0847 e. The van der Waals surface area contributed by atoms with Gasteiger partial charge >= 0.3 is 0 Å². The number of nitrogens with zero attached hydrogens (tertiary/aromatic N) is 2. The van der Waals surface area contributed by atoms with Crippen LogP contribution in [-0.2, 0) is 15.9 Å². The largest absolute Gasteiger partial charge is 0.381 e. The summed E-state index contributed by atoms with van der Waals surface area (Å²) in [7, 11) is 0. The molecule has 0 fully saturated rings. The quantitative estimate of drug-likeness (QED) is 0.659. The second-order valence-electron chi connectivity index (χ2n) is 3.38. The molecule has 15 heavy (non-hydrogen) atoms. The lowest BCUT2D eigenvalue weighted by molar-refractivity contribution is 0.0387. The molecule has 5 nitrogen and oxygen atoms in total. The summed E-state index contributed by atoms with van der Waals surface area (Å²) in [4.78, 5) is 0. The zero-order valence-corrected chi connectivity index (χ0v) is 9.40. The lowest BCUT2D eigenvalue weighted by atomic mass is 10.3. The average molecular weight is 213 g/mol. The van der Waals surface area contributed by atoms with E-state index >= 15 is 0 Å². The topological polar surface area (TPSA) is 60.0 Å². The van der Waals surface area contributed by atoms with Gasteiger partial charge in [-0.05, 0) is 20.3 Å². The molecule has 0 spiro atoms. The lowest BCUT2D eigenvalue weighted by Crippen LogP contribution is -2.12. The molecule has 1 N–H and O–H groups in total. The lowest BCUT2D eigenvalue weighted by Gasteiger charge is -2.10. The third-order valence-corrected chi connectivity index (χ3v) is 2.09. The van der Waals surface area contributed by atoms with Crippen LogP contribution >= 0.6 is 0 Å². The van der Waals surface area contributed by atoms with Crippen LogP contribution in [-0.4, -0.2) is 41.3 Å². The zero-order valence-electron chi connectivity index (χ0n) is 9.40. The van der Waals surface area contributed by atoms with Gasteiger partial charge in [-0.15, -0.1) is 0 Å². The fourth-order valence-electron chi connectivity index (χ4n) is 1.24. The molecule has 0 amide bonds. The van der Waals surface area contributed by atoms with Crippen LogP contribution in [0.3, 0.4) is 0 Å². The monoisotopic (exact) mass is 213 g/mol. The molecule has 0 aliphatic heterocycles. The fraction of sp³-hybridized carbons (Fsp3) is 0.800. The molecule has 1 aromatic heterocycles. The standard InChI is InChI=1S/C10H19N3O2/c1-3-15-9(2)4-6-14-7-5-10-8-11-13-12-10/h8-9H,3-7H2,1-2H3,(H,11,12,13). The van der Waals surface area contributed by atoms with Crippen LogP contribution in [0.4, 0.5) is 0 Å². The summed E-state index contributed by atoms with van der Waals surface area (Å²) in [6.07, 6.45) is 3.74. The van der Waals surface area contributed by atoms with Gasteiger partial charge in [-0.25, -0.2) is 0 Å². The van der Waals surface area contributed by atoms with Gasteiger partial charge in [0.2, 0.25) is 0 Å². The number of hydrogen-bond acceptors (Lipinski definition) is 4. The van der Waals surface area contributed by atoms with Crippen LogP contribution in [0.2, 0.25) is 0 Å². The van der Waals surface area contributed by atoms with E-state index in [9.17, 15) is 0 Å². The number of H-pyrrole nitrogens is 1. The van der Waals surface area contributed by atoms with Crippen molar-refractivity contribution in [2.45, 2.75) is 32.8 Å². The predicted molar refractivity (Wildman–Crippen MR) is 56.6 cm³/mol. The third-order valence-electron chi connectivity index (χ3n) is 2.09. The first kappa shape index (κ1) is 12.1. The van der Waals surface area contributed by atoms with Crippen molar-refractivity contribution >= 4 is 0 Å². The van der Waals surface area contributed by atoms with Crippen LogP contribution < -0.4 is 0 Å². The maximum absolute atomic E-state index is 5.46. The highest BCUT2D eigenvalue weighted by molar-refractivity contribution is 4.89. The molecule has 0 saturated carbocycles. The van der Waals surface area contributed by atoms with Gasteiger partial charge in [0.15, 0.2) is 0 Å². The Morgan fingerprint density at radius 2 is 2.33 bits per heavy atom. The maximum Gasteiger partial charge on any atom is 0.0847 e. The van der Waals surface area contributed by atoms with Gasteiger partial charge in [-0.3, -0.25) is 0 Å². The minimum atomic E-state index is 0.280. The van der Waals surface area contributed by atoms with E-state index in [2.05, 4.69) is 22.3 Å². The minimum absolute atomic E-state index is 0.280. The van der Waals surface area contributed by atoms with E-state index in [0.29, 0.717) is 6.61 Å². The Hall–Kier alpha value is -0.940. The van der Waals surface area contributed by atoms with Crippen LogP contribution in [0, 0.1) is 0 Å². The SMILES string of the molecule is CCOC(C)CCOCCc1cn[nH]n1. The van der Waals surface area contributed by atoms with E-state index in [1.54, 1.807) is 6.20 Å². The van der Waals surface area contributed by atoms with Crippen LogP contribution in [0.15, 0.2) is 6.20 Å². The Bertz CT molecular complexity index is 239. The van der Waals surface area contributed by atoms with Crippen LogP contribution in [0.1, 0.15) is 26.0 Å². The number of nitrogens with one attached hydrogen (secondary N) is 1. The Balaban J connectivity index is 1.93. The molecule has 1 heterocycles. The molecule has 0 bridgehead atoms. The van der Waals surface area contributed by atoms with E-state index in [0.717, 1.165) is 31.7 Å². The van der Waals surface area contributed by atoms with Gasteiger partial charge < -0.3 is 9.47 Å². The first-order chi connectivity index (χ1) is 7.33. The predicted octanol–water partition coefficient (Wildman–Crippen LogP) is 1.18. The Labute approximate surface area is 90.2 Å². The molecule has 0 aliphatic rings. The van der Waals surface area contributed by atoms with E-state index in [4.69, 9.17) is 9.47 Å². The van der Waals surface area contributed by atoms with Crippen molar-refractivity contribution in [1.82, 2.24) is 15.4 Å². The summed E-state index contributed by atoms with van der Waals surface area (Å²) in [6, 6.07) is 0. The van der Waals surface area contributed by atoms with E-state index in [1.807, 2.05) is 6.92 Å². The molecule has 0 saturated heterocycles. The number of hydrogen-bond donors (Lipinski definition) is 1. The highest BCUT2D eigenvalue weighted by atomic mass is 16.5. The van der Waals surface area contributed by atoms with Gasteiger partial charge in [0.05, 0.1) is 24.6 Å². The molecular formula is C10H19N3O2. The molecule has 1 atom stereocenters. The second kappa shape index (κ2) is 7.36. The Kier molecular flexibility index (Phi) is 5.96. The van der Waals surface area contributed by atoms with Gasteiger partial charge in [0.25, 0.3) is 0 Å². The van der Waals surface area contributed by atoms with Crippen molar-refractivity contribution in [3.8, 4) is 0 Å². The van der Waals surface area contributed by atoms with Crippen molar-refractivity contribution in [1.29, 1.82) is 0 Å². The summed E-state index contributed by atoms with van der Waals surface area (Å²) in [5.74, 6) is 0. The average Bonchev–Trinajstić information content (AvgIpc) is 2.70. The first-order valence-electron chi connectivity index (χ1n) is 5.37. The van der Waals surface area contributed by atoms with Gasteiger partial charge in [-0.2, -0.15) is 15.4 Å². The van der Waals surface area contributed by atoms with Crippen molar-refractivity contribution in [2.24, 2.45) is 0 Å².